The number of benzene rings is 2. The SMILES string of the molecule is O=C(C[C@H]1C(=O)N(C[C@@H]2CCCO2)c2nc3ccccc3n21)Nc1cccc(Cl)c1. The van der Waals surface area contributed by atoms with E-state index in [9.17, 15) is 9.59 Å². The minimum Gasteiger partial charge on any atom is -0.376 e. The third-order valence-corrected chi connectivity index (χ3v) is 5.81. The second-order valence-corrected chi connectivity index (χ2v) is 8.07. The van der Waals surface area contributed by atoms with Gasteiger partial charge in [-0.25, -0.2) is 4.98 Å². The number of amides is 2. The molecule has 0 bridgehead atoms. The summed E-state index contributed by atoms with van der Waals surface area (Å²) in [5.41, 5.74) is 2.25. The van der Waals surface area contributed by atoms with Crippen LogP contribution in [0.5, 0.6) is 0 Å². The van der Waals surface area contributed by atoms with Crippen LogP contribution in [0.2, 0.25) is 5.02 Å². The first-order valence-electron chi connectivity index (χ1n) is 10.1. The zero-order valence-electron chi connectivity index (χ0n) is 16.3. The van der Waals surface area contributed by atoms with Gasteiger partial charge in [0.25, 0.3) is 5.91 Å². The highest BCUT2D eigenvalue weighted by molar-refractivity contribution is 6.30. The number of hydrogen-bond donors (Lipinski definition) is 1. The third kappa shape index (κ3) is 3.44. The lowest BCUT2D eigenvalue weighted by atomic mass is 10.1. The fourth-order valence-corrected chi connectivity index (χ4v) is 4.40. The Labute approximate surface area is 178 Å². The van der Waals surface area contributed by atoms with Crippen molar-refractivity contribution >= 4 is 46.1 Å². The van der Waals surface area contributed by atoms with Crippen molar-refractivity contribution in [1.29, 1.82) is 0 Å². The highest BCUT2D eigenvalue weighted by atomic mass is 35.5. The number of hydrogen-bond acceptors (Lipinski definition) is 4. The number of halogens is 1. The summed E-state index contributed by atoms with van der Waals surface area (Å²) < 4.78 is 7.62. The van der Waals surface area contributed by atoms with E-state index < -0.39 is 6.04 Å². The Morgan fingerprint density at radius 1 is 1.23 bits per heavy atom. The van der Waals surface area contributed by atoms with E-state index in [1.807, 2.05) is 28.8 Å². The van der Waals surface area contributed by atoms with Gasteiger partial charge in [0.15, 0.2) is 0 Å². The quantitative estimate of drug-likeness (QED) is 0.676. The topological polar surface area (TPSA) is 76.5 Å². The summed E-state index contributed by atoms with van der Waals surface area (Å²) in [7, 11) is 0. The van der Waals surface area contributed by atoms with Gasteiger partial charge in [-0.05, 0) is 43.2 Å². The monoisotopic (exact) mass is 424 g/mol. The van der Waals surface area contributed by atoms with Crippen molar-refractivity contribution in [3.63, 3.8) is 0 Å². The van der Waals surface area contributed by atoms with Gasteiger partial charge >= 0.3 is 0 Å². The molecule has 0 spiro atoms. The van der Waals surface area contributed by atoms with Crippen molar-refractivity contribution in [2.45, 2.75) is 31.4 Å². The first-order valence-corrected chi connectivity index (χ1v) is 10.4. The van der Waals surface area contributed by atoms with E-state index in [-0.39, 0.29) is 24.3 Å². The smallest absolute Gasteiger partial charge is 0.253 e. The maximum absolute atomic E-state index is 13.3. The van der Waals surface area contributed by atoms with Crippen LogP contribution < -0.4 is 10.2 Å². The molecule has 154 valence electrons. The number of nitrogens with zero attached hydrogens (tertiary/aromatic N) is 3. The van der Waals surface area contributed by atoms with Crippen LogP contribution in [0.3, 0.4) is 0 Å². The predicted octanol–water partition coefficient (Wildman–Crippen LogP) is 3.79. The van der Waals surface area contributed by atoms with Crippen molar-refractivity contribution in [3.05, 3.63) is 53.6 Å². The molecule has 1 saturated heterocycles. The fraction of sp³-hybridized carbons (Fsp3) is 0.318. The van der Waals surface area contributed by atoms with E-state index in [1.165, 1.54) is 0 Å². The van der Waals surface area contributed by atoms with E-state index in [2.05, 4.69) is 10.3 Å². The summed E-state index contributed by atoms with van der Waals surface area (Å²) in [6.07, 6.45) is 1.93. The molecule has 0 saturated carbocycles. The largest absolute Gasteiger partial charge is 0.376 e. The van der Waals surface area contributed by atoms with Crippen molar-refractivity contribution < 1.29 is 14.3 Å². The van der Waals surface area contributed by atoms with E-state index in [0.29, 0.717) is 29.8 Å². The number of fused-ring (bicyclic) bond motifs is 3. The van der Waals surface area contributed by atoms with Gasteiger partial charge in [-0.2, -0.15) is 0 Å². The van der Waals surface area contributed by atoms with Crippen molar-refractivity contribution in [2.24, 2.45) is 0 Å². The minimum atomic E-state index is -0.645. The van der Waals surface area contributed by atoms with E-state index in [0.717, 1.165) is 23.9 Å². The maximum Gasteiger partial charge on any atom is 0.253 e. The molecule has 2 amide bonds. The van der Waals surface area contributed by atoms with Crippen LogP contribution in [0, 0.1) is 0 Å². The molecule has 0 unspecified atom stereocenters. The molecule has 3 aromatic rings. The Bertz CT molecular complexity index is 1120. The van der Waals surface area contributed by atoms with Crippen LogP contribution in [0.1, 0.15) is 25.3 Å². The van der Waals surface area contributed by atoms with Gasteiger partial charge in [-0.1, -0.05) is 29.8 Å². The maximum atomic E-state index is 13.3. The second-order valence-electron chi connectivity index (χ2n) is 7.63. The van der Waals surface area contributed by atoms with Crippen LogP contribution in [-0.2, 0) is 14.3 Å². The lowest BCUT2D eigenvalue weighted by molar-refractivity contribution is -0.124. The molecule has 0 aliphatic carbocycles. The Morgan fingerprint density at radius 3 is 2.90 bits per heavy atom. The molecule has 2 aliphatic rings. The Balaban J connectivity index is 1.44. The van der Waals surface area contributed by atoms with Gasteiger partial charge in [-0.15, -0.1) is 0 Å². The molecule has 3 heterocycles. The van der Waals surface area contributed by atoms with Gasteiger partial charge in [0.05, 0.1) is 30.1 Å². The standard InChI is InChI=1S/C22H21ClN4O3/c23-14-5-3-6-15(11-14)24-20(28)12-19-21(29)26(13-16-7-4-10-30-16)22-25-17-8-1-2-9-18(17)27(19)22/h1-3,5-6,8-9,11,16,19H,4,7,10,12-13H2,(H,24,28)/t16-,19-/m0/s1. The highest BCUT2D eigenvalue weighted by Gasteiger charge is 2.42. The molecule has 0 radical (unpaired) electrons. The number of imidazole rings is 1. The molecule has 1 N–H and O–H groups in total. The summed E-state index contributed by atoms with van der Waals surface area (Å²) in [4.78, 5) is 32.4. The third-order valence-electron chi connectivity index (χ3n) is 5.58. The molecule has 1 fully saturated rings. The predicted molar refractivity (Wildman–Crippen MR) is 115 cm³/mol. The summed E-state index contributed by atoms with van der Waals surface area (Å²) in [5.74, 6) is 0.204. The molecule has 2 aromatic carbocycles. The average Bonchev–Trinajstić information content (AvgIpc) is 3.42. The number of nitrogens with one attached hydrogen (secondary N) is 1. The summed E-state index contributed by atoms with van der Waals surface area (Å²) >= 11 is 6.00. The Kier molecular flexibility index (Phi) is 4.92. The van der Waals surface area contributed by atoms with Crippen molar-refractivity contribution in [2.75, 3.05) is 23.4 Å². The number of rotatable bonds is 5. The molecule has 8 heteroatoms. The molecule has 1 aromatic heterocycles. The molecular weight excluding hydrogens is 404 g/mol. The summed E-state index contributed by atoms with van der Waals surface area (Å²) in [6.45, 7) is 1.17. The molecule has 2 aliphatic heterocycles. The van der Waals surface area contributed by atoms with Crippen LogP contribution in [0.4, 0.5) is 11.6 Å². The van der Waals surface area contributed by atoms with Gasteiger partial charge in [0.2, 0.25) is 11.9 Å². The highest BCUT2D eigenvalue weighted by Crippen LogP contribution is 2.37. The first kappa shape index (κ1) is 19.1. The molecule has 5 rings (SSSR count). The normalized spacial score (nSPS) is 20.7. The lowest BCUT2D eigenvalue weighted by Gasteiger charge is -2.19. The number of aromatic nitrogens is 2. The molecule has 2 atom stereocenters. The van der Waals surface area contributed by atoms with Crippen LogP contribution >= 0.6 is 11.6 Å². The Hall–Kier alpha value is -2.90. The van der Waals surface area contributed by atoms with E-state index in [1.54, 1.807) is 29.2 Å². The number of carbonyl (C=O) groups is 2. The van der Waals surface area contributed by atoms with Crippen LogP contribution in [0.25, 0.3) is 11.0 Å². The van der Waals surface area contributed by atoms with Gasteiger partial charge < -0.3 is 10.1 Å². The average molecular weight is 425 g/mol. The molecule has 30 heavy (non-hydrogen) atoms. The molecule has 7 nitrogen and oxygen atoms in total. The van der Waals surface area contributed by atoms with Crippen molar-refractivity contribution in [1.82, 2.24) is 9.55 Å². The van der Waals surface area contributed by atoms with Gasteiger partial charge in [-0.3, -0.25) is 19.1 Å². The van der Waals surface area contributed by atoms with Crippen LogP contribution in [-0.4, -0.2) is 40.6 Å². The van der Waals surface area contributed by atoms with E-state index >= 15 is 0 Å². The van der Waals surface area contributed by atoms with E-state index in [4.69, 9.17) is 16.3 Å². The summed E-state index contributed by atoms with van der Waals surface area (Å²) in [6, 6.07) is 14.0. The zero-order chi connectivity index (χ0) is 20.7. The number of anilines is 2. The number of ether oxygens (including phenoxy) is 1. The van der Waals surface area contributed by atoms with Gasteiger partial charge in [0, 0.05) is 17.3 Å². The minimum absolute atomic E-state index is 0.00116. The number of carbonyl (C=O) groups excluding carboxylic acids is 2. The zero-order valence-corrected chi connectivity index (χ0v) is 17.0. The summed E-state index contributed by atoms with van der Waals surface area (Å²) in [5, 5.41) is 3.37. The molecular formula is C22H21ClN4O3. The van der Waals surface area contributed by atoms with Crippen molar-refractivity contribution in [3.8, 4) is 0 Å². The van der Waals surface area contributed by atoms with Gasteiger partial charge in [0.1, 0.15) is 6.04 Å². The first-order chi connectivity index (χ1) is 14.6. The second kappa shape index (κ2) is 7.74. The number of para-hydroxylation sites is 2. The lowest BCUT2D eigenvalue weighted by Crippen LogP contribution is -2.37. The Morgan fingerprint density at radius 2 is 2.10 bits per heavy atom. The fourth-order valence-electron chi connectivity index (χ4n) is 4.21. The van der Waals surface area contributed by atoms with Crippen LogP contribution in [0.15, 0.2) is 48.5 Å².